The highest BCUT2D eigenvalue weighted by Crippen LogP contribution is 2.42. The van der Waals surface area contributed by atoms with Gasteiger partial charge < -0.3 is 10.2 Å². The van der Waals surface area contributed by atoms with Crippen molar-refractivity contribution in [2.45, 2.75) is 62.6 Å². The molecule has 1 fully saturated rings. The maximum absolute atomic E-state index is 10.6. The van der Waals surface area contributed by atoms with E-state index in [9.17, 15) is 10.2 Å². The zero-order chi connectivity index (χ0) is 12.6. The molecule has 0 bridgehead atoms. The van der Waals surface area contributed by atoms with Gasteiger partial charge in [-0.2, -0.15) is 0 Å². The van der Waals surface area contributed by atoms with Crippen LogP contribution in [0.5, 0.6) is 0 Å². The Labute approximate surface area is 108 Å². The minimum Gasteiger partial charge on any atom is -0.389 e. The van der Waals surface area contributed by atoms with E-state index in [1.807, 2.05) is 6.07 Å². The van der Waals surface area contributed by atoms with Crippen molar-refractivity contribution in [1.82, 2.24) is 4.98 Å². The Morgan fingerprint density at radius 3 is 2.83 bits per heavy atom. The van der Waals surface area contributed by atoms with E-state index in [-0.39, 0.29) is 5.92 Å². The van der Waals surface area contributed by atoms with Crippen molar-refractivity contribution in [3.05, 3.63) is 29.6 Å². The molecule has 0 spiro atoms. The first-order chi connectivity index (χ1) is 8.71. The van der Waals surface area contributed by atoms with Crippen LogP contribution in [-0.2, 0) is 6.42 Å². The molecule has 2 aliphatic carbocycles. The summed E-state index contributed by atoms with van der Waals surface area (Å²) in [6.07, 6.45) is 7.70. The number of aromatic nitrogens is 1. The fourth-order valence-electron chi connectivity index (χ4n) is 3.61. The van der Waals surface area contributed by atoms with Crippen LogP contribution in [0, 0.1) is 0 Å². The van der Waals surface area contributed by atoms with Crippen LogP contribution in [0.25, 0.3) is 0 Å². The Bertz CT molecular complexity index is 426. The minimum absolute atomic E-state index is 0.0121. The van der Waals surface area contributed by atoms with Gasteiger partial charge in [0.15, 0.2) is 0 Å². The summed E-state index contributed by atoms with van der Waals surface area (Å²) in [6.45, 7) is 0. The zero-order valence-electron chi connectivity index (χ0n) is 10.7. The molecule has 0 radical (unpaired) electrons. The summed E-state index contributed by atoms with van der Waals surface area (Å²) < 4.78 is 0. The van der Waals surface area contributed by atoms with Gasteiger partial charge in [-0.1, -0.05) is 18.9 Å². The lowest BCUT2D eigenvalue weighted by Crippen LogP contribution is -2.44. The van der Waals surface area contributed by atoms with Crippen molar-refractivity contribution in [3.8, 4) is 0 Å². The molecular formula is C15H21NO2. The third-order valence-corrected chi connectivity index (χ3v) is 4.64. The van der Waals surface area contributed by atoms with Gasteiger partial charge in [-0.05, 0) is 43.7 Å². The van der Waals surface area contributed by atoms with E-state index in [1.54, 1.807) is 6.20 Å². The maximum atomic E-state index is 10.6. The van der Waals surface area contributed by atoms with Gasteiger partial charge in [-0.3, -0.25) is 4.98 Å². The predicted molar refractivity (Wildman–Crippen MR) is 69.3 cm³/mol. The quantitative estimate of drug-likeness (QED) is 0.842. The van der Waals surface area contributed by atoms with Gasteiger partial charge in [-0.15, -0.1) is 0 Å². The normalized spacial score (nSPS) is 27.8. The van der Waals surface area contributed by atoms with Crippen LogP contribution in [0.1, 0.15) is 55.7 Å². The van der Waals surface area contributed by atoms with Gasteiger partial charge in [0.2, 0.25) is 0 Å². The van der Waals surface area contributed by atoms with Crippen LogP contribution >= 0.6 is 0 Å². The highest BCUT2D eigenvalue weighted by atomic mass is 16.3. The van der Waals surface area contributed by atoms with Crippen LogP contribution in [0.4, 0.5) is 0 Å². The molecule has 2 N–H and O–H groups in total. The highest BCUT2D eigenvalue weighted by Gasteiger charge is 2.44. The minimum atomic E-state index is -0.878. The molecule has 0 amide bonds. The smallest absolute Gasteiger partial charge is 0.0912 e. The number of aliphatic hydroxyl groups is 2. The van der Waals surface area contributed by atoms with E-state index in [0.29, 0.717) is 0 Å². The van der Waals surface area contributed by atoms with E-state index in [1.165, 1.54) is 5.56 Å². The molecule has 1 heterocycles. The molecule has 2 aliphatic rings. The lowest BCUT2D eigenvalue weighted by Gasteiger charge is -2.36. The van der Waals surface area contributed by atoms with Crippen molar-refractivity contribution in [3.63, 3.8) is 0 Å². The number of rotatable bonds is 2. The molecule has 0 saturated heterocycles. The molecule has 3 heteroatoms. The van der Waals surface area contributed by atoms with Gasteiger partial charge >= 0.3 is 0 Å². The summed E-state index contributed by atoms with van der Waals surface area (Å²) in [6, 6.07) is 4.05. The lowest BCUT2D eigenvalue weighted by atomic mass is 9.76. The largest absolute Gasteiger partial charge is 0.389 e. The fourth-order valence-corrected chi connectivity index (χ4v) is 3.61. The molecule has 2 unspecified atom stereocenters. The first kappa shape index (κ1) is 12.1. The molecule has 1 saturated carbocycles. The van der Waals surface area contributed by atoms with Crippen molar-refractivity contribution in [1.29, 1.82) is 0 Å². The Balaban J connectivity index is 1.89. The van der Waals surface area contributed by atoms with Gasteiger partial charge in [0.25, 0.3) is 0 Å². The van der Waals surface area contributed by atoms with Crippen LogP contribution in [-0.4, -0.2) is 26.9 Å². The number of aryl methyl sites for hydroxylation is 1. The van der Waals surface area contributed by atoms with E-state index >= 15 is 0 Å². The lowest BCUT2D eigenvalue weighted by molar-refractivity contribution is -0.0843. The van der Waals surface area contributed by atoms with E-state index in [2.05, 4.69) is 11.1 Å². The number of fused-ring (bicyclic) bond motifs is 1. The summed E-state index contributed by atoms with van der Waals surface area (Å²) in [4.78, 5) is 4.45. The van der Waals surface area contributed by atoms with Crippen LogP contribution in [0.2, 0.25) is 0 Å². The molecule has 1 aromatic heterocycles. The second kappa shape index (κ2) is 4.63. The Hall–Kier alpha value is -0.930. The third kappa shape index (κ3) is 1.95. The second-order valence-electron chi connectivity index (χ2n) is 5.80. The second-order valence-corrected chi connectivity index (χ2v) is 5.80. The summed E-state index contributed by atoms with van der Waals surface area (Å²) in [5.74, 6) is 0.0121. The summed E-state index contributed by atoms with van der Waals surface area (Å²) in [5, 5.41) is 21.1. The zero-order valence-corrected chi connectivity index (χ0v) is 10.7. The molecular weight excluding hydrogens is 226 g/mol. The summed E-state index contributed by atoms with van der Waals surface area (Å²) in [7, 11) is 0. The van der Waals surface area contributed by atoms with Gasteiger partial charge in [0.1, 0.15) is 0 Å². The molecule has 0 aromatic carbocycles. The van der Waals surface area contributed by atoms with Crippen LogP contribution < -0.4 is 0 Å². The number of hydrogen-bond acceptors (Lipinski definition) is 3. The molecule has 3 rings (SSSR count). The van der Waals surface area contributed by atoms with Crippen LogP contribution in [0.3, 0.4) is 0 Å². The fraction of sp³-hybridized carbons (Fsp3) is 0.667. The third-order valence-electron chi connectivity index (χ3n) is 4.64. The number of pyridine rings is 1. The molecule has 1 aromatic rings. The predicted octanol–water partition coefficient (Wildman–Crippen LogP) is 2.17. The molecule has 98 valence electrons. The highest BCUT2D eigenvalue weighted by molar-refractivity contribution is 5.28. The van der Waals surface area contributed by atoms with Gasteiger partial charge in [0, 0.05) is 17.8 Å². The SMILES string of the molecule is OC(C1CCCc2cccnc21)C1(O)CCCC1. The molecule has 2 atom stereocenters. The van der Waals surface area contributed by atoms with Crippen molar-refractivity contribution in [2.24, 2.45) is 0 Å². The first-order valence-electron chi connectivity index (χ1n) is 7.05. The average molecular weight is 247 g/mol. The average Bonchev–Trinajstić information content (AvgIpc) is 2.85. The maximum Gasteiger partial charge on any atom is 0.0912 e. The number of nitrogens with zero attached hydrogens (tertiary/aromatic N) is 1. The number of hydrogen-bond donors (Lipinski definition) is 2. The van der Waals surface area contributed by atoms with E-state index < -0.39 is 11.7 Å². The Morgan fingerprint density at radius 2 is 2.06 bits per heavy atom. The molecule has 0 aliphatic heterocycles. The first-order valence-corrected chi connectivity index (χ1v) is 7.05. The van der Waals surface area contributed by atoms with Crippen molar-refractivity contribution >= 4 is 0 Å². The summed E-state index contributed by atoms with van der Waals surface area (Å²) in [5.41, 5.74) is 1.38. The molecule has 3 nitrogen and oxygen atoms in total. The standard InChI is InChI=1S/C15H21NO2/c17-14(15(18)8-1-2-9-15)12-7-3-5-11-6-4-10-16-13(11)12/h4,6,10,12,14,17-18H,1-3,5,7-9H2. The number of aliphatic hydroxyl groups excluding tert-OH is 1. The van der Waals surface area contributed by atoms with Crippen molar-refractivity contribution < 1.29 is 10.2 Å². The Kier molecular flexibility index (Phi) is 3.12. The Morgan fingerprint density at radius 1 is 1.28 bits per heavy atom. The van der Waals surface area contributed by atoms with E-state index in [0.717, 1.165) is 50.6 Å². The van der Waals surface area contributed by atoms with Crippen LogP contribution in [0.15, 0.2) is 18.3 Å². The van der Waals surface area contributed by atoms with Gasteiger partial charge in [0.05, 0.1) is 11.7 Å². The van der Waals surface area contributed by atoms with Crippen molar-refractivity contribution in [2.75, 3.05) is 0 Å². The van der Waals surface area contributed by atoms with Gasteiger partial charge in [-0.25, -0.2) is 0 Å². The monoisotopic (exact) mass is 247 g/mol. The topological polar surface area (TPSA) is 53.4 Å². The van der Waals surface area contributed by atoms with E-state index in [4.69, 9.17) is 0 Å². The molecule has 18 heavy (non-hydrogen) atoms. The summed E-state index contributed by atoms with van der Waals surface area (Å²) >= 11 is 0.